The molecule has 0 bridgehead atoms. The molecule has 2 fully saturated rings. The van der Waals surface area contributed by atoms with Crippen LogP contribution >= 0.6 is 23.2 Å². The second-order valence-electron chi connectivity index (χ2n) is 5.43. The smallest absolute Gasteiger partial charge is 0.256 e. The summed E-state index contributed by atoms with van der Waals surface area (Å²) in [7, 11) is 0. The van der Waals surface area contributed by atoms with Crippen LogP contribution < -0.4 is 5.32 Å². The molecule has 0 spiro atoms. The van der Waals surface area contributed by atoms with E-state index in [1.165, 1.54) is 12.3 Å². The van der Waals surface area contributed by atoms with Crippen LogP contribution in [0.3, 0.4) is 0 Å². The van der Waals surface area contributed by atoms with Gasteiger partial charge in [0.15, 0.2) is 0 Å². The van der Waals surface area contributed by atoms with Gasteiger partial charge >= 0.3 is 0 Å². The number of rotatable bonds is 3. The normalized spacial score (nSPS) is 21.4. The summed E-state index contributed by atoms with van der Waals surface area (Å²) in [4.78, 5) is 30.2. The third-order valence-corrected chi connectivity index (χ3v) is 4.30. The highest BCUT2D eigenvalue weighted by Crippen LogP contribution is 2.26. The summed E-state index contributed by atoms with van der Waals surface area (Å²) in [5.74, 6) is -0.336. The number of amides is 2. The number of hydrogen-bond donors (Lipinski definition) is 1. The van der Waals surface area contributed by atoms with Crippen LogP contribution in [0.4, 0.5) is 0 Å². The lowest BCUT2D eigenvalue weighted by molar-refractivity contribution is -0.125. The van der Waals surface area contributed by atoms with Gasteiger partial charge in [0.25, 0.3) is 5.91 Å². The molecule has 0 radical (unpaired) electrons. The van der Waals surface area contributed by atoms with Gasteiger partial charge in [-0.15, -0.1) is 0 Å². The molecule has 5 nitrogen and oxygen atoms in total. The van der Waals surface area contributed by atoms with Crippen LogP contribution in [0.25, 0.3) is 0 Å². The predicted molar refractivity (Wildman–Crippen MR) is 79.5 cm³/mol. The van der Waals surface area contributed by atoms with Gasteiger partial charge in [0, 0.05) is 18.8 Å². The van der Waals surface area contributed by atoms with Crippen molar-refractivity contribution in [1.29, 1.82) is 0 Å². The third kappa shape index (κ3) is 3.14. The molecule has 1 atom stereocenters. The zero-order valence-corrected chi connectivity index (χ0v) is 12.8. The summed E-state index contributed by atoms with van der Waals surface area (Å²) < 4.78 is 0. The van der Waals surface area contributed by atoms with Crippen molar-refractivity contribution in [3.8, 4) is 0 Å². The van der Waals surface area contributed by atoms with Gasteiger partial charge in [-0.05, 0) is 31.7 Å². The van der Waals surface area contributed by atoms with E-state index in [-0.39, 0.29) is 28.0 Å². The first kappa shape index (κ1) is 14.6. The number of nitrogens with one attached hydrogen (secondary N) is 1. The molecule has 3 rings (SSSR count). The zero-order chi connectivity index (χ0) is 15.0. The van der Waals surface area contributed by atoms with Crippen LogP contribution in [0, 0.1) is 0 Å². The molecule has 2 heterocycles. The van der Waals surface area contributed by atoms with Crippen LogP contribution in [0.1, 0.15) is 36.0 Å². The van der Waals surface area contributed by atoms with Gasteiger partial charge in [0.2, 0.25) is 5.91 Å². The van der Waals surface area contributed by atoms with Crippen molar-refractivity contribution in [2.75, 3.05) is 6.54 Å². The Hall–Kier alpha value is -1.33. The summed E-state index contributed by atoms with van der Waals surface area (Å²) in [5, 5.41) is 3.41. The second kappa shape index (κ2) is 5.81. The number of hydrogen-bond acceptors (Lipinski definition) is 3. The fraction of sp³-hybridized carbons (Fsp3) is 0.500. The van der Waals surface area contributed by atoms with Crippen molar-refractivity contribution in [3.05, 3.63) is 28.0 Å². The van der Waals surface area contributed by atoms with Gasteiger partial charge in [0.05, 0.1) is 10.6 Å². The summed E-state index contributed by atoms with van der Waals surface area (Å²) >= 11 is 11.8. The first-order valence-electron chi connectivity index (χ1n) is 6.98. The van der Waals surface area contributed by atoms with E-state index >= 15 is 0 Å². The largest absolute Gasteiger partial charge is 0.352 e. The minimum atomic E-state index is -0.416. The molecule has 112 valence electrons. The highest BCUT2D eigenvalue weighted by Gasteiger charge is 2.37. The highest BCUT2D eigenvalue weighted by molar-refractivity contribution is 6.35. The summed E-state index contributed by atoms with van der Waals surface area (Å²) in [6.45, 7) is 0.553. The molecule has 1 aliphatic carbocycles. The number of nitrogens with zero attached hydrogens (tertiary/aromatic N) is 2. The number of halogens is 2. The van der Waals surface area contributed by atoms with E-state index in [4.69, 9.17) is 23.2 Å². The zero-order valence-electron chi connectivity index (χ0n) is 11.3. The average molecular weight is 328 g/mol. The molecule has 1 aliphatic heterocycles. The average Bonchev–Trinajstić information content (AvgIpc) is 3.13. The molecule has 7 heteroatoms. The van der Waals surface area contributed by atoms with Crippen LogP contribution in [0.15, 0.2) is 12.3 Å². The lowest BCUT2D eigenvalue weighted by Crippen LogP contribution is -2.46. The second-order valence-corrected chi connectivity index (χ2v) is 6.22. The van der Waals surface area contributed by atoms with E-state index in [1.807, 2.05) is 0 Å². The van der Waals surface area contributed by atoms with Crippen LogP contribution in [0.5, 0.6) is 0 Å². The minimum absolute atomic E-state index is 0.0698. The summed E-state index contributed by atoms with van der Waals surface area (Å²) in [5.41, 5.74) is 0.294. The van der Waals surface area contributed by atoms with Crippen molar-refractivity contribution in [2.45, 2.75) is 37.8 Å². The highest BCUT2D eigenvalue weighted by atomic mass is 35.5. The standard InChI is InChI=1S/C14H15Cl2N3O2/c15-10-7-17-12(16)6-9(10)14(21)19-5-1-2-11(19)13(20)18-8-3-4-8/h6-8,11H,1-5H2,(H,18,20). The van der Waals surface area contributed by atoms with Gasteiger partial charge < -0.3 is 10.2 Å². The van der Waals surface area contributed by atoms with Gasteiger partial charge in [-0.1, -0.05) is 23.2 Å². The van der Waals surface area contributed by atoms with Gasteiger partial charge in [-0.2, -0.15) is 0 Å². The fourth-order valence-electron chi connectivity index (χ4n) is 2.54. The van der Waals surface area contributed by atoms with Crippen molar-refractivity contribution in [1.82, 2.24) is 15.2 Å². The molecule has 1 aromatic rings. The topological polar surface area (TPSA) is 62.3 Å². The number of likely N-dealkylation sites (tertiary alicyclic amines) is 1. The molecule has 1 aromatic heterocycles. The van der Waals surface area contributed by atoms with Gasteiger partial charge in [-0.25, -0.2) is 4.98 Å². The first-order chi connectivity index (χ1) is 10.1. The summed E-state index contributed by atoms with van der Waals surface area (Å²) in [6, 6.07) is 1.32. The number of carbonyl (C=O) groups is 2. The van der Waals surface area contributed by atoms with Crippen LogP contribution in [-0.2, 0) is 4.79 Å². The molecular weight excluding hydrogens is 313 g/mol. The Labute approximate surface area is 132 Å². The molecule has 2 amide bonds. The molecular formula is C14H15Cl2N3O2. The van der Waals surface area contributed by atoms with E-state index in [0.717, 1.165) is 19.3 Å². The molecule has 1 saturated heterocycles. The maximum absolute atomic E-state index is 12.6. The van der Waals surface area contributed by atoms with E-state index in [0.29, 0.717) is 18.5 Å². The van der Waals surface area contributed by atoms with Crippen LogP contribution in [0.2, 0.25) is 10.2 Å². The Bertz CT molecular complexity index is 590. The van der Waals surface area contributed by atoms with Crippen LogP contribution in [-0.4, -0.2) is 40.3 Å². The number of carbonyl (C=O) groups excluding carboxylic acids is 2. The fourth-order valence-corrected chi connectivity index (χ4v) is 2.88. The Morgan fingerprint density at radius 1 is 1.29 bits per heavy atom. The van der Waals surface area contributed by atoms with Crippen molar-refractivity contribution in [2.24, 2.45) is 0 Å². The molecule has 1 unspecified atom stereocenters. The van der Waals surface area contributed by atoms with Gasteiger partial charge in [-0.3, -0.25) is 9.59 Å². The quantitative estimate of drug-likeness (QED) is 0.866. The molecule has 0 aromatic carbocycles. The number of aromatic nitrogens is 1. The maximum atomic E-state index is 12.6. The molecule has 21 heavy (non-hydrogen) atoms. The Balaban J connectivity index is 1.78. The van der Waals surface area contributed by atoms with Gasteiger partial charge in [0.1, 0.15) is 11.2 Å². The number of pyridine rings is 1. The van der Waals surface area contributed by atoms with Crippen molar-refractivity contribution in [3.63, 3.8) is 0 Å². The van der Waals surface area contributed by atoms with Crippen molar-refractivity contribution >= 4 is 35.0 Å². The Morgan fingerprint density at radius 3 is 2.76 bits per heavy atom. The molecule has 1 saturated carbocycles. The first-order valence-corrected chi connectivity index (χ1v) is 7.74. The minimum Gasteiger partial charge on any atom is -0.352 e. The monoisotopic (exact) mass is 327 g/mol. The van der Waals surface area contributed by atoms with Crippen molar-refractivity contribution < 1.29 is 9.59 Å². The Kier molecular flexibility index (Phi) is 4.04. The van der Waals surface area contributed by atoms with E-state index in [9.17, 15) is 9.59 Å². The lowest BCUT2D eigenvalue weighted by atomic mass is 10.1. The Morgan fingerprint density at radius 2 is 2.05 bits per heavy atom. The van der Waals surface area contributed by atoms with E-state index < -0.39 is 6.04 Å². The van der Waals surface area contributed by atoms with E-state index in [2.05, 4.69) is 10.3 Å². The predicted octanol–water partition coefficient (Wildman–Crippen LogP) is 2.27. The lowest BCUT2D eigenvalue weighted by Gasteiger charge is -2.24. The molecule has 2 aliphatic rings. The molecule has 1 N–H and O–H groups in total. The third-order valence-electron chi connectivity index (χ3n) is 3.79. The van der Waals surface area contributed by atoms with E-state index in [1.54, 1.807) is 4.90 Å². The maximum Gasteiger partial charge on any atom is 0.256 e. The summed E-state index contributed by atoms with van der Waals surface area (Å²) in [6.07, 6.45) is 4.90. The SMILES string of the molecule is O=C(NC1CC1)C1CCCN1C(=O)c1cc(Cl)ncc1Cl.